The van der Waals surface area contributed by atoms with E-state index in [0.29, 0.717) is 54.8 Å². The lowest BCUT2D eigenvalue weighted by Crippen LogP contribution is -2.49. The van der Waals surface area contributed by atoms with E-state index in [1.165, 1.54) is 6.20 Å². The number of nitrogens with zero attached hydrogens (tertiary/aromatic N) is 2. The first-order valence-electron chi connectivity index (χ1n) is 12.3. The third kappa shape index (κ3) is 4.42. The average Bonchev–Trinajstić information content (AvgIpc) is 3.39. The molecule has 0 bridgehead atoms. The Balaban J connectivity index is 1.35. The molecule has 1 aliphatic carbocycles. The van der Waals surface area contributed by atoms with E-state index in [9.17, 15) is 14.4 Å². The Labute approximate surface area is 203 Å². The molecule has 0 aromatic carbocycles. The van der Waals surface area contributed by atoms with Crippen LogP contribution in [0.4, 0.5) is 11.5 Å². The fourth-order valence-corrected chi connectivity index (χ4v) is 5.55. The van der Waals surface area contributed by atoms with Gasteiger partial charge in [0.2, 0.25) is 11.8 Å². The number of hydrogen-bond donors (Lipinski definition) is 3. The van der Waals surface area contributed by atoms with Crippen LogP contribution in [-0.2, 0) is 19.7 Å². The molecule has 1 spiro atoms. The fourth-order valence-electron chi connectivity index (χ4n) is 5.55. The standard InChI is InChI=1S/C25H31N5O5/c1-14-3-5-16(6-4-14)21(30-22(31)17-12-27-35-15(17)2)23(32)29-20-11-19-18(13-26-20)25(24(33)28-19)7-9-34-10-8-25/h11-14,16,21H,3-10H2,1-2H3,(H,28,33)(H,30,31)(H,26,29,32). The number of rotatable bonds is 5. The number of carbonyl (C=O) groups excluding carboxylic acids is 3. The summed E-state index contributed by atoms with van der Waals surface area (Å²) >= 11 is 0. The maximum atomic E-state index is 13.4. The van der Waals surface area contributed by atoms with Gasteiger partial charge in [-0.25, -0.2) is 4.98 Å². The molecule has 3 amide bonds. The monoisotopic (exact) mass is 481 g/mol. The summed E-state index contributed by atoms with van der Waals surface area (Å²) in [5.74, 6) is 0.578. The summed E-state index contributed by atoms with van der Waals surface area (Å²) in [4.78, 5) is 43.6. The van der Waals surface area contributed by atoms with Gasteiger partial charge < -0.3 is 25.2 Å². The Morgan fingerprint density at radius 2 is 1.91 bits per heavy atom. The molecule has 2 fully saturated rings. The quantitative estimate of drug-likeness (QED) is 0.597. The molecule has 3 aliphatic rings. The Morgan fingerprint density at radius 1 is 1.17 bits per heavy atom. The van der Waals surface area contributed by atoms with Crippen molar-refractivity contribution in [3.63, 3.8) is 0 Å². The van der Waals surface area contributed by atoms with Crippen LogP contribution in [0.15, 0.2) is 23.0 Å². The first-order valence-corrected chi connectivity index (χ1v) is 12.3. The highest BCUT2D eigenvalue weighted by Gasteiger charge is 2.48. The number of aryl methyl sites for hydroxylation is 1. The van der Waals surface area contributed by atoms with Crippen LogP contribution in [0.2, 0.25) is 0 Å². The van der Waals surface area contributed by atoms with E-state index in [1.54, 1.807) is 19.2 Å². The summed E-state index contributed by atoms with van der Waals surface area (Å²) < 4.78 is 10.5. The molecular formula is C25H31N5O5. The van der Waals surface area contributed by atoms with Crippen molar-refractivity contribution in [3.8, 4) is 0 Å². The van der Waals surface area contributed by atoms with Gasteiger partial charge in [-0.1, -0.05) is 24.9 Å². The molecule has 1 atom stereocenters. The molecule has 0 radical (unpaired) electrons. The molecule has 2 aliphatic heterocycles. The molecular weight excluding hydrogens is 450 g/mol. The second-order valence-electron chi connectivity index (χ2n) is 10.0. The third-order valence-electron chi connectivity index (χ3n) is 7.80. The molecule has 10 heteroatoms. The van der Waals surface area contributed by atoms with E-state index in [1.807, 2.05) is 0 Å². The van der Waals surface area contributed by atoms with Gasteiger partial charge in [0.1, 0.15) is 23.2 Å². The Bertz CT molecular complexity index is 1130. The smallest absolute Gasteiger partial charge is 0.257 e. The summed E-state index contributed by atoms with van der Waals surface area (Å²) in [6, 6.07) is 0.970. The molecule has 2 aromatic heterocycles. The van der Waals surface area contributed by atoms with Crippen LogP contribution >= 0.6 is 0 Å². The van der Waals surface area contributed by atoms with E-state index < -0.39 is 17.4 Å². The second kappa shape index (κ2) is 9.41. The lowest BCUT2D eigenvalue weighted by Gasteiger charge is -2.32. The van der Waals surface area contributed by atoms with Gasteiger partial charge in [0.25, 0.3) is 5.91 Å². The molecule has 35 heavy (non-hydrogen) atoms. The van der Waals surface area contributed by atoms with E-state index in [0.717, 1.165) is 31.2 Å². The van der Waals surface area contributed by atoms with Crippen LogP contribution in [0.1, 0.15) is 67.1 Å². The second-order valence-corrected chi connectivity index (χ2v) is 10.0. The normalized spacial score (nSPS) is 23.9. The van der Waals surface area contributed by atoms with Crippen molar-refractivity contribution >= 4 is 29.2 Å². The Kier molecular flexibility index (Phi) is 6.31. The highest BCUT2D eigenvalue weighted by atomic mass is 16.5. The first-order chi connectivity index (χ1) is 16.9. The highest BCUT2D eigenvalue weighted by Crippen LogP contribution is 2.44. The minimum absolute atomic E-state index is 0.00922. The van der Waals surface area contributed by atoms with Crippen LogP contribution in [0.25, 0.3) is 0 Å². The van der Waals surface area contributed by atoms with Crippen LogP contribution < -0.4 is 16.0 Å². The number of aromatic nitrogens is 2. The van der Waals surface area contributed by atoms with E-state index in [2.05, 4.69) is 33.0 Å². The van der Waals surface area contributed by atoms with Crippen molar-refractivity contribution < 1.29 is 23.6 Å². The molecule has 10 nitrogen and oxygen atoms in total. The zero-order valence-electron chi connectivity index (χ0n) is 20.1. The van der Waals surface area contributed by atoms with Crippen molar-refractivity contribution in [1.82, 2.24) is 15.5 Å². The number of amides is 3. The number of pyridine rings is 1. The van der Waals surface area contributed by atoms with Gasteiger partial charge in [-0.15, -0.1) is 0 Å². The Hall–Kier alpha value is -3.27. The van der Waals surface area contributed by atoms with Crippen molar-refractivity contribution in [2.45, 2.75) is 63.8 Å². The van der Waals surface area contributed by atoms with Crippen LogP contribution in [-0.4, -0.2) is 47.1 Å². The van der Waals surface area contributed by atoms with Gasteiger partial charge in [0, 0.05) is 31.0 Å². The van der Waals surface area contributed by atoms with E-state index >= 15 is 0 Å². The van der Waals surface area contributed by atoms with Crippen molar-refractivity contribution in [3.05, 3.63) is 35.3 Å². The summed E-state index contributed by atoms with van der Waals surface area (Å²) in [6.07, 6.45) is 7.95. The predicted octanol–water partition coefficient (Wildman–Crippen LogP) is 2.94. The third-order valence-corrected chi connectivity index (χ3v) is 7.80. The highest BCUT2D eigenvalue weighted by molar-refractivity contribution is 6.07. The molecule has 2 aromatic rings. The maximum absolute atomic E-state index is 13.4. The predicted molar refractivity (Wildman–Crippen MR) is 127 cm³/mol. The van der Waals surface area contributed by atoms with Crippen LogP contribution in [0.3, 0.4) is 0 Å². The zero-order chi connectivity index (χ0) is 24.6. The number of fused-ring (bicyclic) bond motifs is 2. The molecule has 3 N–H and O–H groups in total. The number of nitrogens with one attached hydrogen (secondary N) is 3. The van der Waals surface area contributed by atoms with Crippen molar-refractivity contribution in [2.24, 2.45) is 11.8 Å². The van der Waals surface area contributed by atoms with Gasteiger partial charge in [-0.3, -0.25) is 14.4 Å². The molecule has 1 unspecified atom stereocenters. The number of ether oxygens (including phenoxy) is 1. The first kappa shape index (κ1) is 23.5. The van der Waals surface area contributed by atoms with Gasteiger partial charge in [-0.2, -0.15) is 0 Å². The van der Waals surface area contributed by atoms with E-state index in [4.69, 9.17) is 9.26 Å². The summed E-state index contributed by atoms with van der Waals surface area (Å²) in [6.45, 7) is 4.92. The van der Waals surface area contributed by atoms with E-state index in [-0.39, 0.29) is 17.7 Å². The molecule has 1 saturated carbocycles. The maximum Gasteiger partial charge on any atom is 0.257 e. The number of hydrogen-bond acceptors (Lipinski definition) is 7. The van der Waals surface area contributed by atoms with Gasteiger partial charge in [0.05, 0.1) is 17.3 Å². The lowest BCUT2D eigenvalue weighted by atomic mass is 9.76. The minimum Gasteiger partial charge on any atom is -0.381 e. The number of carbonyl (C=O) groups is 3. The number of anilines is 2. The Morgan fingerprint density at radius 3 is 2.60 bits per heavy atom. The van der Waals surface area contributed by atoms with Crippen LogP contribution in [0, 0.1) is 18.8 Å². The molecule has 5 rings (SSSR count). The van der Waals surface area contributed by atoms with Gasteiger partial charge in [0.15, 0.2) is 0 Å². The van der Waals surface area contributed by atoms with Crippen molar-refractivity contribution in [1.29, 1.82) is 0 Å². The summed E-state index contributed by atoms with van der Waals surface area (Å²) in [5.41, 5.74) is 1.20. The minimum atomic E-state index is -0.726. The average molecular weight is 482 g/mol. The lowest BCUT2D eigenvalue weighted by molar-refractivity contribution is -0.124. The largest absolute Gasteiger partial charge is 0.381 e. The summed E-state index contributed by atoms with van der Waals surface area (Å²) in [7, 11) is 0. The van der Waals surface area contributed by atoms with Crippen molar-refractivity contribution in [2.75, 3.05) is 23.8 Å². The van der Waals surface area contributed by atoms with Crippen LogP contribution in [0.5, 0.6) is 0 Å². The zero-order valence-corrected chi connectivity index (χ0v) is 20.1. The summed E-state index contributed by atoms with van der Waals surface area (Å²) in [5, 5.41) is 12.4. The SMILES string of the molecule is Cc1oncc1C(=O)NC(C(=O)Nc1cc2c(cn1)C1(CCOCC1)C(=O)N2)C1CCC(C)CC1. The fraction of sp³-hybridized carbons (Fsp3) is 0.560. The van der Waals surface area contributed by atoms with Gasteiger partial charge in [-0.05, 0) is 44.4 Å². The molecule has 1 saturated heterocycles. The molecule has 4 heterocycles. The molecule has 186 valence electrons. The topological polar surface area (TPSA) is 135 Å². The van der Waals surface area contributed by atoms with Gasteiger partial charge >= 0.3 is 0 Å².